The van der Waals surface area contributed by atoms with Gasteiger partial charge in [-0.2, -0.15) is 13.2 Å². The summed E-state index contributed by atoms with van der Waals surface area (Å²) in [4.78, 5) is 31.8. The van der Waals surface area contributed by atoms with Crippen molar-refractivity contribution in [2.45, 2.75) is 38.7 Å². The van der Waals surface area contributed by atoms with E-state index in [2.05, 4.69) is 19.9 Å². The smallest absolute Gasteiger partial charge is 0.389 e. The van der Waals surface area contributed by atoms with Gasteiger partial charge in [-0.25, -0.2) is 15.0 Å². The Kier molecular flexibility index (Phi) is 6.84. The zero-order valence-corrected chi connectivity index (χ0v) is 19.4. The molecule has 0 aliphatic carbocycles. The Balaban J connectivity index is 1.74. The van der Waals surface area contributed by atoms with Gasteiger partial charge in [0.2, 0.25) is 0 Å². The Morgan fingerprint density at radius 3 is 2.42 bits per heavy atom. The second kappa shape index (κ2) is 9.86. The van der Waals surface area contributed by atoms with E-state index in [1.807, 2.05) is 0 Å². The minimum absolute atomic E-state index is 0.0856. The standard InChI is InChI=1S/C25H23F3N6O2/c1-14(23-30-8-3-9-31-23)34(13-18-6-5-17(12-32-18)25(26,27)28)24(36)16-4-7-21-20(10-16)19(15(2)35)11-22(29)33-21/h3-12,14-15,35H,13H2,1-2H3,(H2,29,33). The third-order valence-corrected chi connectivity index (χ3v) is 5.73. The molecular weight excluding hydrogens is 473 g/mol. The number of alkyl halides is 3. The van der Waals surface area contributed by atoms with Gasteiger partial charge in [0.05, 0.1) is 35.5 Å². The molecule has 4 rings (SSSR count). The van der Waals surface area contributed by atoms with Gasteiger partial charge in [0.15, 0.2) is 0 Å². The van der Waals surface area contributed by atoms with Gasteiger partial charge >= 0.3 is 6.18 Å². The average molecular weight is 496 g/mol. The molecule has 11 heteroatoms. The van der Waals surface area contributed by atoms with E-state index in [9.17, 15) is 23.1 Å². The van der Waals surface area contributed by atoms with Crippen LogP contribution in [0.1, 0.15) is 59.0 Å². The summed E-state index contributed by atoms with van der Waals surface area (Å²) in [5.74, 6) is 0.173. The largest absolute Gasteiger partial charge is 0.417 e. The van der Waals surface area contributed by atoms with E-state index in [-0.39, 0.29) is 23.6 Å². The summed E-state index contributed by atoms with van der Waals surface area (Å²) >= 11 is 0. The van der Waals surface area contributed by atoms with Crippen LogP contribution in [0.15, 0.2) is 61.1 Å². The van der Waals surface area contributed by atoms with Crippen molar-refractivity contribution in [3.05, 3.63) is 89.3 Å². The summed E-state index contributed by atoms with van der Waals surface area (Å²) in [6.07, 6.45) is -1.55. The molecule has 3 aromatic heterocycles. The summed E-state index contributed by atoms with van der Waals surface area (Å²) in [6.45, 7) is 3.22. The number of amides is 1. The number of carbonyl (C=O) groups excluding carboxylic acids is 1. The highest BCUT2D eigenvalue weighted by Crippen LogP contribution is 2.30. The Morgan fingerprint density at radius 2 is 1.81 bits per heavy atom. The highest BCUT2D eigenvalue weighted by Gasteiger charge is 2.31. The fraction of sp³-hybridized carbons (Fsp3) is 0.240. The molecule has 0 saturated carbocycles. The lowest BCUT2D eigenvalue weighted by Gasteiger charge is -2.28. The molecule has 3 heterocycles. The molecule has 1 amide bonds. The fourth-order valence-electron chi connectivity index (χ4n) is 3.83. The number of aromatic nitrogens is 4. The predicted molar refractivity (Wildman–Crippen MR) is 126 cm³/mol. The van der Waals surface area contributed by atoms with Crippen LogP contribution in [0.25, 0.3) is 10.9 Å². The molecule has 2 atom stereocenters. The molecule has 0 aliphatic rings. The number of pyridine rings is 2. The highest BCUT2D eigenvalue weighted by atomic mass is 19.4. The monoisotopic (exact) mass is 496 g/mol. The number of halogens is 3. The van der Waals surface area contributed by atoms with Gasteiger partial charge < -0.3 is 15.7 Å². The number of hydrogen-bond donors (Lipinski definition) is 2. The van der Waals surface area contributed by atoms with Crippen molar-refractivity contribution in [1.82, 2.24) is 24.8 Å². The van der Waals surface area contributed by atoms with Crippen molar-refractivity contribution < 1.29 is 23.1 Å². The number of anilines is 1. The van der Waals surface area contributed by atoms with Gasteiger partial charge in [-0.1, -0.05) is 0 Å². The second-order valence-corrected chi connectivity index (χ2v) is 8.30. The van der Waals surface area contributed by atoms with Crippen LogP contribution in [0, 0.1) is 0 Å². The van der Waals surface area contributed by atoms with Gasteiger partial charge in [0.1, 0.15) is 11.6 Å². The average Bonchev–Trinajstić information content (AvgIpc) is 2.86. The fourth-order valence-corrected chi connectivity index (χ4v) is 3.83. The molecule has 3 N–H and O–H groups in total. The van der Waals surface area contributed by atoms with Crippen LogP contribution in [0.3, 0.4) is 0 Å². The van der Waals surface area contributed by atoms with Crippen molar-refractivity contribution in [3.63, 3.8) is 0 Å². The van der Waals surface area contributed by atoms with Gasteiger partial charge in [0.25, 0.3) is 5.91 Å². The molecule has 0 saturated heterocycles. The summed E-state index contributed by atoms with van der Waals surface area (Å²) in [6, 6.07) is 9.54. The number of fused-ring (bicyclic) bond motifs is 1. The normalized spacial score (nSPS) is 13.4. The van der Waals surface area contributed by atoms with E-state index in [0.717, 1.165) is 12.3 Å². The molecular formula is C25H23F3N6O2. The van der Waals surface area contributed by atoms with Crippen molar-refractivity contribution in [2.75, 3.05) is 5.73 Å². The zero-order chi connectivity index (χ0) is 26.0. The lowest BCUT2D eigenvalue weighted by atomic mass is 10.0. The number of nitrogen functional groups attached to an aromatic ring is 1. The van der Waals surface area contributed by atoms with E-state index < -0.39 is 29.8 Å². The summed E-state index contributed by atoms with van der Waals surface area (Å²) < 4.78 is 38.9. The van der Waals surface area contributed by atoms with E-state index in [4.69, 9.17) is 5.73 Å². The summed E-state index contributed by atoms with van der Waals surface area (Å²) in [7, 11) is 0. The van der Waals surface area contributed by atoms with E-state index in [1.165, 1.54) is 11.0 Å². The lowest BCUT2D eigenvalue weighted by Crippen LogP contribution is -2.34. The number of nitrogens with two attached hydrogens (primary N) is 1. The second-order valence-electron chi connectivity index (χ2n) is 8.30. The first kappa shape index (κ1) is 25.0. The number of rotatable bonds is 6. The maximum atomic E-state index is 13.7. The molecule has 1 aromatic carbocycles. The van der Waals surface area contributed by atoms with Gasteiger partial charge in [0, 0.05) is 29.5 Å². The van der Waals surface area contributed by atoms with Crippen LogP contribution < -0.4 is 5.73 Å². The topological polar surface area (TPSA) is 118 Å². The molecule has 0 spiro atoms. The molecule has 36 heavy (non-hydrogen) atoms. The Morgan fingerprint density at radius 1 is 1.08 bits per heavy atom. The number of aliphatic hydroxyl groups excluding tert-OH is 1. The minimum Gasteiger partial charge on any atom is -0.389 e. The van der Waals surface area contributed by atoms with E-state index in [1.54, 1.807) is 56.6 Å². The van der Waals surface area contributed by atoms with Crippen LogP contribution in [-0.2, 0) is 12.7 Å². The Labute approximate surface area is 204 Å². The van der Waals surface area contributed by atoms with Crippen molar-refractivity contribution in [3.8, 4) is 0 Å². The first-order valence-electron chi connectivity index (χ1n) is 11.0. The third-order valence-electron chi connectivity index (χ3n) is 5.73. The molecule has 8 nitrogen and oxygen atoms in total. The molecule has 2 unspecified atom stereocenters. The van der Waals surface area contributed by atoms with E-state index >= 15 is 0 Å². The van der Waals surface area contributed by atoms with Crippen LogP contribution in [0.4, 0.5) is 19.0 Å². The predicted octanol–water partition coefficient (Wildman–Crippen LogP) is 4.48. The van der Waals surface area contributed by atoms with Gasteiger partial charge in [-0.3, -0.25) is 9.78 Å². The number of nitrogens with zero attached hydrogens (tertiary/aromatic N) is 5. The summed E-state index contributed by atoms with van der Waals surface area (Å²) in [5.41, 5.74) is 6.54. The number of aliphatic hydroxyl groups is 1. The molecule has 0 radical (unpaired) electrons. The summed E-state index contributed by atoms with van der Waals surface area (Å²) in [5, 5.41) is 10.8. The lowest BCUT2D eigenvalue weighted by molar-refractivity contribution is -0.137. The molecule has 0 aliphatic heterocycles. The SMILES string of the molecule is CC(O)c1cc(N)nc2ccc(C(=O)N(Cc3ccc(C(F)(F)F)cn3)C(C)c3ncccn3)cc12. The van der Waals surface area contributed by atoms with Crippen molar-refractivity contribution in [1.29, 1.82) is 0 Å². The zero-order valence-electron chi connectivity index (χ0n) is 19.4. The highest BCUT2D eigenvalue weighted by molar-refractivity contribution is 5.99. The van der Waals surface area contributed by atoms with Crippen molar-refractivity contribution in [2.24, 2.45) is 0 Å². The minimum atomic E-state index is -4.52. The maximum absolute atomic E-state index is 13.7. The van der Waals surface area contributed by atoms with Gasteiger partial charge in [-0.05, 0) is 61.9 Å². The van der Waals surface area contributed by atoms with Crippen LogP contribution in [0.2, 0.25) is 0 Å². The van der Waals surface area contributed by atoms with Gasteiger partial charge in [-0.15, -0.1) is 0 Å². The number of benzene rings is 1. The maximum Gasteiger partial charge on any atom is 0.417 e. The van der Waals surface area contributed by atoms with Crippen LogP contribution in [0.5, 0.6) is 0 Å². The van der Waals surface area contributed by atoms with E-state index in [0.29, 0.717) is 22.3 Å². The first-order valence-corrected chi connectivity index (χ1v) is 11.0. The first-order chi connectivity index (χ1) is 17.0. The molecule has 4 aromatic rings. The van der Waals surface area contributed by atoms with Crippen LogP contribution in [-0.4, -0.2) is 35.8 Å². The Hall–Kier alpha value is -4.12. The number of carbonyl (C=O) groups is 1. The number of hydrogen-bond acceptors (Lipinski definition) is 7. The third kappa shape index (κ3) is 5.25. The molecule has 186 valence electrons. The molecule has 0 bridgehead atoms. The molecule has 0 fully saturated rings. The quantitative estimate of drug-likeness (QED) is 0.404. The Bertz CT molecular complexity index is 1380. The van der Waals surface area contributed by atoms with Crippen LogP contribution >= 0.6 is 0 Å². The van der Waals surface area contributed by atoms with Crippen molar-refractivity contribution >= 4 is 22.6 Å².